The molecule has 4 heterocycles. The minimum Gasteiger partial charge on any atom is -0.390 e. The number of benzene rings is 3. The summed E-state index contributed by atoms with van der Waals surface area (Å²) in [6.07, 6.45) is -5.25. The third-order valence-corrected chi connectivity index (χ3v) is 7.38. The van der Waals surface area contributed by atoms with Crippen LogP contribution in [0.25, 0.3) is 43.6 Å². The lowest BCUT2D eigenvalue weighted by Crippen LogP contribution is -2.47. The second-order valence-corrected chi connectivity index (χ2v) is 9.43. The average Bonchev–Trinajstić information content (AvgIpc) is 3.49. The van der Waals surface area contributed by atoms with Crippen LogP contribution in [0.1, 0.15) is 33.4 Å². The molecule has 7 rings (SSSR count). The number of amides is 2. The van der Waals surface area contributed by atoms with Gasteiger partial charge in [0.05, 0.1) is 33.8 Å². The van der Waals surface area contributed by atoms with Gasteiger partial charge in [-0.15, -0.1) is 0 Å². The van der Waals surface area contributed by atoms with E-state index in [0.717, 1.165) is 0 Å². The fraction of sp³-hybridized carbons (Fsp3) is 0.231. The molecule has 4 unspecified atom stereocenters. The maximum atomic E-state index is 14.5. The molecule has 2 aliphatic rings. The van der Waals surface area contributed by atoms with Crippen molar-refractivity contribution in [3.05, 3.63) is 59.2 Å². The highest BCUT2D eigenvalue weighted by molar-refractivity contribution is 6.39. The molecule has 0 spiro atoms. The monoisotopic (exact) mass is 509 g/mol. The molecular formula is C26H18F3N3O5. The maximum Gasteiger partial charge on any atom is 0.259 e. The zero-order valence-electron chi connectivity index (χ0n) is 18.9. The van der Waals surface area contributed by atoms with Gasteiger partial charge in [-0.25, -0.2) is 13.2 Å². The number of aliphatic hydroxyl groups is 2. The minimum atomic E-state index is -1.45. The Morgan fingerprint density at radius 3 is 2.38 bits per heavy atom. The zero-order valence-corrected chi connectivity index (χ0v) is 18.9. The summed E-state index contributed by atoms with van der Waals surface area (Å²) in [5.74, 6) is -2.50. The van der Waals surface area contributed by atoms with Crippen LogP contribution in [0.2, 0.25) is 0 Å². The quantitative estimate of drug-likeness (QED) is 0.272. The Balaban J connectivity index is 1.70. The number of aliphatic hydroxyl groups excluding tert-OH is 2. The van der Waals surface area contributed by atoms with E-state index in [-0.39, 0.29) is 22.9 Å². The second-order valence-electron chi connectivity index (χ2n) is 9.43. The normalized spacial score (nSPS) is 24.0. The predicted octanol–water partition coefficient (Wildman–Crippen LogP) is 3.57. The smallest absolute Gasteiger partial charge is 0.259 e. The van der Waals surface area contributed by atoms with Crippen molar-refractivity contribution >= 4 is 55.4 Å². The molecule has 0 aliphatic carbocycles. The average molecular weight is 509 g/mol. The number of rotatable bonds is 2. The zero-order chi connectivity index (χ0) is 25.7. The van der Waals surface area contributed by atoms with Crippen molar-refractivity contribution in [2.75, 3.05) is 6.67 Å². The first-order valence-corrected chi connectivity index (χ1v) is 11.6. The lowest BCUT2D eigenvalue weighted by Gasteiger charge is -2.37. The van der Waals surface area contributed by atoms with Gasteiger partial charge in [0, 0.05) is 33.5 Å². The van der Waals surface area contributed by atoms with Gasteiger partial charge in [-0.2, -0.15) is 0 Å². The highest BCUT2D eigenvalue weighted by atomic mass is 19.1. The van der Waals surface area contributed by atoms with Crippen LogP contribution >= 0.6 is 0 Å². The Morgan fingerprint density at radius 1 is 0.973 bits per heavy atom. The molecule has 4 atom stereocenters. The third kappa shape index (κ3) is 2.90. The molecule has 2 amide bonds. The van der Waals surface area contributed by atoms with Gasteiger partial charge >= 0.3 is 0 Å². The van der Waals surface area contributed by atoms with E-state index in [9.17, 15) is 33.0 Å². The van der Waals surface area contributed by atoms with Crippen molar-refractivity contribution in [1.29, 1.82) is 0 Å². The predicted molar refractivity (Wildman–Crippen MR) is 127 cm³/mol. The van der Waals surface area contributed by atoms with E-state index in [2.05, 4.69) is 10.3 Å². The van der Waals surface area contributed by atoms with Crippen LogP contribution in [0.3, 0.4) is 0 Å². The fourth-order valence-electron chi connectivity index (χ4n) is 5.84. The first-order valence-electron chi connectivity index (χ1n) is 11.6. The number of halogens is 3. The Labute approximate surface area is 205 Å². The molecule has 1 fully saturated rings. The Hall–Kier alpha value is -3.93. The largest absolute Gasteiger partial charge is 0.390 e. The number of aromatic amines is 1. The number of nitrogens with zero attached hydrogens (tertiary/aromatic N) is 1. The van der Waals surface area contributed by atoms with Crippen molar-refractivity contribution in [2.45, 2.75) is 31.0 Å². The van der Waals surface area contributed by atoms with Gasteiger partial charge < -0.3 is 24.5 Å². The molecule has 0 bridgehead atoms. The second kappa shape index (κ2) is 7.54. The molecule has 0 radical (unpaired) electrons. The van der Waals surface area contributed by atoms with Crippen LogP contribution in [0, 0.1) is 11.6 Å². The number of H-pyrrole nitrogens is 1. The Kier molecular flexibility index (Phi) is 4.54. The molecular weight excluding hydrogens is 491 g/mol. The van der Waals surface area contributed by atoms with Crippen LogP contribution in [-0.2, 0) is 4.74 Å². The van der Waals surface area contributed by atoms with Crippen molar-refractivity contribution in [2.24, 2.45) is 0 Å². The number of carbonyl (C=O) groups excluding carboxylic acids is 2. The van der Waals surface area contributed by atoms with Crippen LogP contribution in [0.15, 0.2) is 36.4 Å². The highest BCUT2D eigenvalue weighted by Gasteiger charge is 2.41. The molecule has 8 nitrogen and oxygen atoms in total. The van der Waals surface area contributed by atoms with Gasteiger partial charge in [0.25, 0.3) is 11.8 Å². The molecule has 2 aromatic heterocycles. The third-order valence-electron chi connectivity index (χ3n) is 7.38. The van der Waals surface area contributed by atoms with Crippen LogP contribution < -0.4 is 5.32 Å². The Morgan fingerprint density at radius 2 is 1.65 bits per heavy atom. The number of aromatic nitrogens is 2. The first-order chi connectivity index (χ1) is 17.8. The topological polar surface area (TPSA) is 117 Å². The number of nitrogens with one attached hydrogen (secondary N) is 2. The van der Waals surface area contributed by atoms with Crippen LogP contribution in [0.4, 0.5) is 13.2 Å². The molecule has 0 saturated carbocycles. The summed E-state index contributed by atoms with van der Waals surface area (Å²) in [5, 5.41) is 24.2. The number of fused-ring (bicyclic) bond motifs is 10. The van der Waals surface area contributed by atoms with Crippen molar-refractivity contribution in [3.8, 4) is 0 Å². The first kappa shape index (κ1) is 22.3. The van der Waals surface area contributed by atoms with Gasteiger partial charge in [-0.3, -0.25) is 14.9 Å². The van der Waals surface area contributed by atoms with Crippen molar-refractivity contribution in [1.82, 2.24) is 14.9 Å². The van der Waals surface area contributed by atoms with Gasteiger partial charge in [0.2, 0.25) is 0 Å². The van der Waals surface area contributed by atoms with Gasteiger partial charge in [0.15, 0.2) is 0 Å². The molecule has 188 valence electrons. The van der Waals surface area contributed by atoms with Crippen LogP contribution in [0.5, 0.6) is 0 Å². The highest BCUT2D eigenvalue weighted by Crippen LogP contribution is 2.46. The van der Waals surface area contributed by atoms with Gasteiger partial charge in [-0.1, -0.05) is 0 Å². The summed E-state index contributed by atoms with van der Waals surface area (Å²) >= 11 is 0. The SMILES string of the molecule is O=C1NC(=O)c2c1c1c3cc(F)ccc3[nH]c1c1c2c2cc(F)ccc2n1C1CC(O)C(O)C(CF)O1. The molecule has 3 aromatic carbocycles. The summed E-state index contributed by atoms with van der Waals surface area (Å²) in [7, 11) is 0. The number of hydrogen-bond acceptors (Lipinski definition) is 5. The molecule has 37 heavy (non-hydrogen) atoms. The summed E-state index contributed by atoms with van der Waals surface area (Å²) in [6, 6.07) is 7.89. The van der Waals surface area contributed by atoms with Crippen molar-refractivity contribution < 1.29 is 37.7 Å². The van der Waals surface area contributed by atoms with E-state index >= 15 is 0 Å². The Bertz CT molecular complexity index is 1830. The van der Waals surface area contributed by atoms with E-state index in [4.69, 9.17) is 4.74 Å². The van der Waals surface area contributed by atoms with E-state index < -0.39 is 54.7 Å². The molecule has 4 N–H and O–H groups in total. The van der Waals surface area contributed by atoms with E-state index in [1.54, 1.807) is 4.57 Å². The standard InChI is InChI=1S/C26H18F3N3O5/c27-8-16-24(34)15(33)7-17(37-16)32-14-4-2-10(29)6-12(14)19-21-20(25(35)31-26(21)36)18-11-5-9(28)1-3-13(11)30-22(18)23(19)32/h1-6,15-17,24,30,33-34H,7-8H2,(H,31,35,36). The lowest BCUT2D eigenvalue weighted by molar-refractivity contribution is -0.192. The number of alkyl halides is 1. The van der Waals surface area contributed by atoms with E-state index in [1.165, 1.54) is 36.4 Å². The van der Waals surface area contributed by atoms with Gasteiger partial charge in [-0.05, 0) is 36.4 Å². The van der Waals surface area contributed by atoms with E-state index in [1.807, 2.05) is 0 Å². The van der Waals surface area contributed by atoms with E-state index in [0.29, 0.717) is 38.2 Å². The summed E-state index contributed by atoms with van der Waals surface area (Å²) in [5.41, 5.74) is 1.62. The lowest BCUT2D eigenvalue weighted by atomic mass is 9.96. The molecule has 5 aromatic rings. The number of carbonyl (C=O) groups is 2. The minimum absolute atomic E-state index is 0.00504. The van der Waals surface area contributed by atoms with Gasteiger partial charge in [0.1, 0.15) is 36.7 Å². The number of imide groups is 1. The molecule has 11 heteroatoms. The molecule has 2 aliphatic heterocycles. The number of ether oxygens (including phenoxy) is 1. The number of hydrogen-bond donors (Lipinski definition) is 4. The van der Waals surface area contributed by atoms with Crippen LogP contribution in [-0.4, -0.2) is 56.6 Å². The summed E-state index contributed by atoms with van der Waals surface area (Å²) < 4.78 is 50.0. The molecule has 1 saturated heterocycles. The summed E-state index contributed by atoms with van der Waals surface area (Å²) in [4.78, 5) is 29.3. The maximum absolute atomic E-state index is 14.5. The van der Waals surface area contributed by atoms with Crippen molar-refractivity contribution in [3.63, 3.8) is 0 Å². The fourth-order valence-corrected chi connectivity index (χ4v) is 5.84. The summed E-state index contributed by atoms with van der Waals surface area (Å²) in [6.45, 7) is -1.06.